The number of hydrogen-bond acceptors (Lipinski definition) is 6. The maximum atomic E-state index is 11.1. The molecule has 0 atom stereocenters. The fraction of sp³-hybridized carbons (Fsp3) is 0.538. The second-order valence-electron chi connectivity index (χ2n) is 4.86. The van der Waals surface area contributed by atoms with Crippen molar-refractivity contribution in [2.75, 3.05) is 26.2 Å². The van der Waals surface area contributed by atoms with E-state index < -0.39 is 10.9 Å². The number of carboxylic acids is 1. The van der Waals surface area contributed by atoms with Crippen molar-refractivity contribution in [3.8, 4) is 5.88 Å². The van der Waals surface area contributed by atoms with Crippen molar-refractivity contribution in [2.45, 2.75) is 19.3 Å². The third kappa shape index (κ3) is 4.12. The molecule has 1 saturated heterocycles. The van der Waals surface area contributed by atoms with Gasteiger partial charge in [0, 0.05) is 12.6 Å². The molecular formula is C13H17N3O5. The zero-order valence-corrected chi connectivity index (χ0v) is 11.5. The van der Waals surface area contributed by atoms with Gasteiger partial charge in [0.05, 0.1) is 4.92 Å². The van der Waals surface area contributed by atoms with E-state index in [1.807, 2.05) is 0 Å². The van der Waals surface area contributed by atoms with E-state index in [0.29, 0.717) is 13.2 Å². The van der Waals surface area contributed by atoms with Gasteiger partial charge >= 0.3 is 5.97 Å². The van der Waals surface area contributed by atoms with Crippen LogP contribution in [0.4, 0.5) is 5.69 Å². The summed E-state index contributed by atoms with van der Waals surface area (Å²) in [4.78, 5) is 27.0. The molecule has 0 saturated carbocycles. The van der Waals surface area contributed by atoms with Crippen LogP contribution in [0.1, 0.15) is 29.6 Å². The highest BCUT2D eigenvalue weighted by atomic mass is 16.6. The van der Waals surface area contributed by atoms with Crippen LogP contribution in [0, 0.1) is 10.1 Å². The number of piperidine rings is 1. The monoisotopic (exact) mass is 295 g/mol. The maximum Gasteiger partial charge on any atom is 0.341 e. The Morgan fingerprint density at radius 1 is 1.43 bits per heavy atom. The van der Waals surface area contributed by atoms with Crippen molar-refractivity contribution in [2.24, 2.45) is 0 Å². The highest BCUT2D eigenvalue weighted by Gasteiger charge is 2.19. The molecule has 21 heavy (non-hydrogen) atoms. The lowest BCUT2D eigenvalue weighted by molar-refractivity contribution is -0.385. The van der Waals surface area contributed by atoms with Gasteiger partial charge < -0.3 is 9.84 Å². The molecule has 114 valence electrons. The number of carbonyl (C=O) groups is 1. The number of nitro groups is 1. The van der Waals surface area contributed by atoms with E-state index in [-0.39, 0.29) is 17.1 Å². The third-order valence-electron chi connectivity index (χ3n) is 3.37. The lowest BCUT2D eigenvalue weighted by Crippen LogP contribution is -2.33. The number of hydrogen-bond donors (Lipinski definition) is 1. The smallest absolute Gasteiger partial charge is 0.341 e. The van der Waals surface area contributed by atoms with E-state index in [2.05, 4.69) is 9.88 Å². The first kappa shape index (κ1) is 15.2. The van der Waals surface area contributed by atoms with Crippen LogP contribution in [0.5, 0.6) is 5.88 Å². The minimum Gasteiger partial charge on any atom is -0.477 e. The van der Waals surface area contributed by atoms with Crippen LogP contribution < -0.4 is 4.74 Å². The van der Waals surface area contributed by atoms with Gasteiger partial charge in [-0.3, -0.25) is 15.0 Å². The third-order valence-corrected chi connectivity index (χ3v) is 3.37. The molecule has 0 aromatic carbocycles. The Balaban J connectivity index is 1.98. The van der Waals surface area contributed by atoms with Gasteiger partial charge in [0.25, 0.3) is 5.69 Å². The summed E-state index contributed by atoms with van der Waals surface area (Å²) in [5.74, 6) is -1.37. The zero-order chi connectivity index (χ0) is 15.2. The molecule has 0 spiro atoms. The molecule has 2 rings (SSSR count). The molecule has 1 fully saturated rings. The van der Waals surface area contributed by atoms with Gasteiger partial charge in [0.1, 0.15) is 18.4 Å². The molecule has 2 heterocycles. The van der Waals surface area contributed by atoms with Gasteiger partial charge in [-0.2, -0.15) is 0 Å². The number of aromatic nitrogens is 1. The van der Waals surface area contributed by atoms with Crippen molar-refractivity contribution in [3.05, 3.63) is 27.9 Å². The lowest BCUT2D eigenvalue weighted by atomic mass is 10.1. The molecule has 1 aliphatic rings. The summed E-state index contributed by atoms with van der Waals surface area (Å²) in [6.45, 7) is 3.04. The van der Waals surface area contributed by atoms with E-state index in [1.165, 1.54) is 6.42 Å². The van der Waals surface area contributed by atoms with Gasteiger partial charge in [-0.25, -0.2) is 9.78 Å². The molecule has 8 nitrogen and oxygen atoms in total. The van der Waals surface area contributed by atoms with Crippen molar-refractivity contribution in [1.82, 2.24) is 9.88 Å². The minimum atomic E-state index is -1.29. The summed E-state index contributed by atoms with van der Waals surface area (Å²) in [5.41, 5.74) is -0.654. The minimum absolute atomic E-state index is 0.0786. The normalized spacial score (nSPS) is 15.6. The topological polar surface area (TPSA) is 106 Å². The van der Waals surface area contributed by atoms with Crippen LogP contribution in [0.15, 0.2) is 12.3 Å². The van der Waals surface area contributed by atoms with Gasteiger partial charge in [-0.05, 0) is 25.9 Å². The number of rotatable bonds is 6. The summed E-state index contributed by atoms with van der Waals surface area (Å²) in [5, 5.41) is 19.7. The molecule has 1 N–H and O–H groups in total. The number of likely N-dealkylation sites (tertiary alicyclic amines) is 1. The summed E-state index contributed by atoms with van der Waals surface area (Å²) in [7, 11) is 0. The van der Waals surface area contributed by atoms with Crippen LogP contribution in [0.3, 0.4) is 0 Å². The Labute approximate surface area is 121 Å². The summed E-state index contributed by atoms with van der Waals surface area (Å²) in [6.07, 6.45) is 4.57. The average molecular weight is 295 g/mol. The van der Waals surface area contributed by atoms with Crippen molar-refractivity contribution >= 4 is 11.7 Å². The lowest BCUT2D eigenvalue weighted by Gasteiger charge is -2.26. The molecule has 0 radical (unpaired) electrons. The van der Waals surface area contributed by atoms with Gasteiger partial charge in [-0.1, -0.05) is 6.42 Å². The van der Waals surface area contributed by atoms with Crippen molar-refractivity contribution < 1.29 is 19.6 Å². The Morgan fingerprint density at radius 2 is 2.14 bits per heavy atom. The second kappa shape index (κ2) is 6.98. The second-order valence-corrected chi connectivity index (χ2v) is 4.86. The molecule has 0 amide bonds. The Bertz CT molecular complexity index is 529. The number of carboxylic acid groups (broad SMARTS) is 1. The fourth-order valence-electron chi connectivity index (χ4n) is 2.26. The van der Waals surface area contributed by atoms with E-state index in [9.17, 15) is 14.9 Å². The van der Waals surface area contributed by atoms with E-state index >= 15 is 0 Å². The van der Waals surface area contributed by atoms with E-state index in [1.54, 1.807) is 0 Å². The first-order chi connectivity index (χ1) is 10.1. The number of aromatic carboxylic acids is 1. The van der Waals surface area contributed by atoms with Gasteiger partial charge in [-0.15, -0.1) is 0 Å². The van der Waals surface area contributed by atoms with Crippen molar-refractivity contribution in [3.63, 3.8) is 0 Å². The largest absolute Gasteiger partial charge is 0.477 e. The van der Waals surface area contributed by atoms with Crippen LogP contribution in [0.2, 0.25) is 0 Å². The molecule has 1 aromatic rings. The predicted molar refractivity (Wildman–Crippen MR) is 73.6 cm³/mol. The molecule has 1 aromatic heterocycles. The molecule has 0 aliphatic carbocycles. The fourth-order valence-corrected chi connectivity index (χ4v) is 2.26. The summed E-state index contributed by atoms with van der Waals surface area (Å²) < 4.78 is 5.38. The quantitative estimate of drug-likeness (QED) is 0.626. The zero-order valence-electron chi connectivity index (χ0n) is 11.5. The van der Waals surface area contributed by atoms with Crippen LogP contribution in [0.25, 0.3) is 0 Å². The van der Waals surface area contributed by atoms with Crippen LogP contribution in [-0.2, 0) is 0 Å². The number of ether oxygens (including phenoxy) is 1. The van der Waals surface area contributed by atoms with E-state index in [0.717, 1.165) is 38.2 Å². The molecule has 0 unspecified atom stereocenters. The van der Waals surface area contributed by atoms with Crippen LogP contribution in [-0.4, -0.2) is 52.1 Å². The predicted octanol–water partition coefficient (Wildman–Crippen LogP) is 1.55. The SMILES string of the molecule is O=C(O)c1cc([N+](=O)[O-])cnc1OCCN1CCCCC1. The Kier molecular flexibility index (Phi) is 5.04. The summed E-state index contributed by atoms with van der Waals surface area (Å²) in [6, 6.07) is 0.964. The van der Waals surface area contributed by atoms with Gasteiger partial charge in [0.2, 0.25) is 5.88 Å². The average Bonchev–Trinajstić information content (AvgIpc) is 2.48. The molecule has 0 bridgehead atoms. The van der Waals surface area contributed by atoms with Gasteiger partial charge in [0.15, 0.2) is 0 Å². The number of pyridine rings is 1. The Morgan fingerprint density at radius 3 is 2.76 bits per heavy atom. The maximum absolute atomic E-state index is 11.1. The summed E-state index contributed by atoms with van der Waals surface area (Å²) >= 11 is 0. The first-order valence-corrected chi connectivity index (χ1v) is 6.81. The molecule has 1 aliphatic heterocycles. The highest BCUT2D eigenvalue weighted by molar-refractivity contribution is 5.90. The molecule has 8 heteroatoms. The highest BCUT2D eigenvalue weighted by Crippen LogP contribution is 2.21. The number of nitrogens with zero attached hydrogens (tertiary/aromatic N) is 3. The Hall–Kier alpha value is -2.22. The first-order valence-electron chi connectivity index (χ1n) is 6.81. The van der Waals surface area contributed by atoms with E-state index in [4.69, 9.17) is 9.84 Å². The van der Waals surface area contributed by atoms with Crippen molar-refractivity contribution in [1.29, 1.82) is 0 Å². The van der Waals surface area contributed by atoms with Crippen LogP contribution >= 0.6 is 0 Å². The standard InChI is InChI=1S/C13H17N3O5/c17-13(18)11-8-10(16(19)20)9-14-12(11)21-7-6-15-4-2-1-3-5-15/h8-9H,1-7H2,(H,17,18). The molecular weight excluding hydrogens is 278 g/mol.